The SMILES string of the molecule is C=C(C)CCc1ccccc1S(=O)(=O)c1ccccc1CCC(=C)C. The van der Waals surface area contributed by atoms with E-state index in [2.05, 4.69) is 13.2 Å². The molecule has 0 atom stereocenters. The van der Waals surface area contributed by atoms with Gasteiger partial charge in [-0.25, -0.2) is 8.42 Å². The number of aryl methyl sites for hydroxylation is 2. The first-order valence-corrected chi connectivity index (χ1v) is 10.0. The lowest BCUT2D eigenvalue weighted by Gasteiger charge is -2.14. The predicted octanol–water partition coefficient (Wildman–Crippen LogP) is 5.54. The minimum atomic E-state index is -3.56. The smallest absolute Gasteiger partial charge is 0.207 e. The molecule has 2 rings (SSSR count). The summed E-state index contributed by atoms with van der Waals surface area (Å²) in [6, 6.07) is 14.6. The van der Waals surface area contributed by atoms with Crippen LogP contribution >= 0.6 is 0 Å². The van der Waals surface area contributed by atoms with E-state index in [1.165, 1.54) is 0 Å². The Morgan fingerprint density at radius 1 is 0.760 bits per heavy atom. The molecule has 0 aliphatic rings. The van der Waals surface area contributed by atoms with Crippen molar-refractivity contribution in [2.24, 2.45) is 0 Å². The number of benzene rings is 2. The first kappa shape index (κ1) is 19.2. The molecule has 25 heavy (non-hydrogen) atoms. The fourth-order valence-electron chi connectivity index (χ4n) is 2.76. The standard InChI is InChI=1S/C22H26O2S/c1-17(2)13-15-19-9-5-7-11-21(19)25(23,24)22-12-8-6-10-20(22)16-14-18(3)4/h5-12H,1,3,13-16H2,2,4H3. The highest BCUT2D eigenvalue weighted by Gasteiger charge is 2.23. The number of hydrogen-bond acceptors (Lipinski definition) is 2. The molecule has 0 saturated heterocycles. The summed E-state index contributed by atoms with van der Waals surface area (Å²) < 4.78 is 26.6. The van der Waals surface area contributed by atoms with E-state index in [1.807, 2.05) is 38.1 Å². The molecule has 0 heterocycles. The van der Waals surface area contributed by atoms with Crippen molar-refractivity contribution in [3.8, 4) is 0 Å². The third-order valence-electron chi connectivity index (χ3n) is 4.17. The van der Waals surface area contributed by atoms with Crippen LogP contribution in [0.25, 0.3) is 0 Å². The van der Waals surface area contributed by atoms with Crippen molar-refractivity contribution < 1.29 is 8.42 Å². The van der Waals surface area contributed by atoms with E-state index in [-0.39, 0.29) is 0 Å². The van der Waals surface area contributed by atoms with E-state index in [0.717, 1.165) is 35.1 Å². The molecule has 0 aliphatic carbocycles. The van der Waals surface area contributed by atoms with Gasteiger partial charge in [0.2, 0.25) is 9.84 Å². The number of sulfone groups is 1. The zero-order chi connectivity index (χ0) is 18.4. The van der Waals surface area contributed by atoms with E-state index in [9.17, 15) is 8.42 Å². The Morgan fingerprint density at radius 2 is 1.12 bits per heavy atom. The summed E-state index contributed by atoms with van der Waals surface area (Å²) in [4.78, 5) is 0.804. The van der Waals surface area contributed by atoms with E-state index >= 15 is 0 Å². The van der Waals surface area contributed by atoms with Crippen LogP contribution in [0.2, 0.25) is 0 Å². The van der Waals surface area contributed by atoms with Crippen molar-refractivity contribution in [3.05, 3.63) is 84.0 Å². The van der Waals surface area contributed by atoms with Crippen molar-refractivity contribution in [1.82, 2.24) is 0 Å². The van der Waals surface area contributed by atoms with E-state index in [1.54, 1.807) is 24.3 Å². The van der Waals surface area contributed by atoms with Crippen molar-refractivity contribution in [1.29, 1.82) is 0 Å². The Bertz CT molecular complexity index is 809. The van der Waals surface area contributed by atoms with Gasteiger partial charge in [0.05, 0.1) is 9.79 Å². The molecule has 0 amide bonds. The molecule has 2 nitrogen and oxygen atoms in total. The molecular formula is C22H26O2S. The van der Waals surface area contributed by atoms with Crippen LogP contribution in [0.4, 0.5) is 0 Å². The van der Waals surface area contributed by atoms with Gasteiger partial charge in [-0.2, -0.15) is 0 Å². The van der Waals surface area contributed by atoms with Gasteiger partial charge in [-0.3, -0.25) is 0 Å². The zero-order valence-corrected chi connectivity index (χ0v) is 15.9. The molecule has 0 radical (unpaired) electrons. The summed E-state index contributed by atoms with van der Waals surface area (Å²) in [6.07, 6.45) is 2.92. The van der Waals surface area contributed by atoms with Gasteiger partial charge in [-0.05, 0) is 62.8 Å². The maximum absolute atomic E-state index is 13.3. The fourth-order valence-corrected chi connectivity index (χ4v) is 4.54. The molecule has 0 saturated carbocycles. The second-order valence-electron chi connectivity index (χ2n) is 6.63. The average molecular weight is 355 g/mol. The predicted molar refractivity (Wildman–Crippen MR) is 105 cm³/mol. The van der Waals surface area contributed by atoms with Crippen molar-refractivity contribution in [2.45, 2.75) is 49.3 Å². The monoisotopic (exact) mass is 354 g/mol. The molecule has 132 valence electrons. The molecule has 0 aromatic heterocycles. The van der Waals surface area contributed by atoms with Gasteiger partial charge in [-0.15, -0.1) is 13.2 Å². The van der Waals surface area contributed by atoms with Crippen LogP contribution in [0.15, 0.2) is 82.6 Å². The maximum atomic E-state index is 13.3. The highest BCUT2D eigenvalue weighted by atomic mass is 32.2. The maximum Gasteiger partial charge on any atom is 0.207 e. The van der Waals surface area contributed by atoms with E-state index in [4.69, 9.17) is 0 Å². The van der Waals surface area contributed by atoms with Crippen LogP contribution < -0.4 is 0 Å². The normalized spacial score (nSPS) is 11.3. The first-order chi connectivity index (χ1) is 11.8. The first-order valence-electron chi connectivity index (χ1n) is 8.52. The number of rotatable bonds is 8. The van der Waals surface area contributed by atoms with Gasteiger partial charge >= 0.3 is 0 Å². The number of hydrogen-bond donors (Lipinski definition) is 0. The summed E-state index contributed by atoms with van der Waals surface area (Å²) in [5, 5.41) is 0. The summed E-state index contributed by atoms with van der Waals surface area (Å²) >= 11 is 0. The highest BCUT2D eigenvalue weighted by molar-refractivity contribution is 7.91. The Labute approximate surface area is 151 Å². The van der Waals surface area contributed by atoms with Crippen LogP contribution in [0, 0.1) is 0 Å². The van der Waals surface area contributed by atoms with Gasteiger partial charge in [-0.1, -0.05) is 47.5 Å². The molecule has 0 spiro atoms. The second kappa shape index (κ2) is 8.30. The third kappa shape index (κ3) is 4.93. The van der Waals surface area contributed by atoms with Gasteiger partial charge in [0.25, 0.3) is 0 Å². The average Bonchev–Trinajstić information content (AvgIpc) is 2.58. The lowest BCUT2D eigenvalue weighted by Crippen LogP contribution is -2.09. The quantitative estimate of drug-likeness (QED) is 0.584. The Balaban J connectivity index is 2.46. The Morgan fingerprint density at radius 3 is 1.48 bits per heavy atom. The molecule has 0 unspecified atom stereocenters. The van der Waals surface area contributed by atoms with Gasteiger partial charge in [0, 0.05) is 0 Å². The topological polar surface area (TPSA) is 34.1 Å². The minimum absolute atomic E-state index is 0.402. The van der Waals surface area contributed by atoms with Crippen molar-refractivity contribution in [2.75, 3.05) is 0 Å². The molecular weight excluding hydrogens is 328 g/mol. The Kier molecular flexibility index (Phi) is 6.38. The molecule has 2 aromatic carbocycles. The zero-order valence-electron chi connectivity index (χ0n) is 15.1. The summed E-state index contributed by atoms with van der Waals surface area (Å²) in [6.45, 7) is 11.8. The highest BCUT2D eigenvalue weighted by Crippen LogP contribution is 2.28. The second-order valence-corrected chi connectivity index (χ2v) is 8.52. The van der Waals surface area contributed by atoms with E-state index in [0.29, 0.717) is 22.6 Å². The van der Waals surface area contributed by atoms with Gasteiger partial charge in [0.1, 0.15) is 0 Å². The fraction of sp³-hybridized carbons (Fsp3) is 0.273. The largest absolute Gasteiger partial charge is 0.218 e. The van der Waals surface area contributed by atoms with Crippen LogP contribution in [-0.2, 0) is 22.7 Å². The van der Waals surface area contributed by atoms with Crippen LogP contribution in [-0.4, -0.2) is 8.42 Å². The van der Waals surface area contributed by atoms with Crippen LogP contribution in [0.5, 0.6) is 0 Å². The summed E-state index contributed by atoms with van der Waals surface area (Å²) in [5.41, 5.74) is 3.79. The van der Waals surface area contributed by atoms with Crippen LogP contribution in [0.3, 0.4) is 0 Å². The molecule has 0 aliphatic heterocycles. The Hall–Kier alpha value is -2.13. The van der Waals surface area contributed by atoms with Crippen molar-refractivity contribution in [3.63, 3.8) is 0 Å². The minimum Gasteiger partial charge on any atom is -0.218 e. The van der Waals surface area contributed by atoms with E-state index < -0.39 is 9.84 Å². The molecule has 0 fully saturated rings. The van der Waals surface area contributed by atoms with Crippen LogP contribution in [0.1, 0.15) is 37.8 Å². The van der Waals surface area contributed by atoms with Crippen molar-refractivity contribution >= 4 is 9.84 Å². The molecule has 0 bridgehead atoms. The number of allylic oxidation sites excluding steroid dienone is 2. The summed E-state index contributed by atoms with van der Waals surface area (Å²) in [5.74, 6) is 0. The summed E-state index contributed by atoms with van der Waals surface area (Å²) in [7, 11) is -3.56. The molecule has 0 N–H and O–H groups in total. The lowest BCUT2D eigenvalue weighted by molar-refractivity contribution is 0.593. The lowest BCUT2D eigenvalue weighted by atomic mass is 10.1. The molecule has 3 heteroatoms. The van der Waals surface area contributed by atoms with Gasteiger partial charge < -0.3 is 0 Å². The van der Waals surface area contributed by atoms with Gasteiger partial charge in [0.15, 0.2) is 0 Å². The third-order valence-corrected chi connectivity index (χ3v) is 6.12. The molecule has 2 aromatic rings.